The lowest BCUT2D eigenvalue weighted by atomic mass is 9.96. The zero-order valence-electron chi connectivity index (χ0n) is 11.7. The highest BCUT2D eigenvalue weighted by molar-refractivity contribution is 6.30. The molecule has 2 aromatic rings. The second-order valence-electron chi connectivity index (χ2n) is 4.95. The van der Waals surface area contributed by atoms with Crippen LogP contribution in [-0.2, 0) is 6.42 Å². The number of rotatable bonds is 4. The summed E-state index contributed by atoms with van der Waals surface area (Å²) in [6.45, 7) is 0.736. The Hall–Kier alpha value is -1.75. The monoisotopic (exact) mass is 304 g/mol. The van der Waals surface area contributed by atoms with Crippen LogP contribution in [0.2, 0.25) is 5.02 Å². The van der Waals surface area contributed by atoms with Gasteiger partial charge in [-0.15, -0.1) is 0 Å². The minimum atomic E-state index is -0.190. The van der Waals surface area contributed by atoms with Crippen molar-refractivity contribution in [2.45, 2.75) is 12.5 Å². The maximum absolute atomic E-state index is 6.11. The van der Waals surface area contributed by atoms with Gasteiger partial charge in [-0.25, -0.2) is 5.43 Å². The molecule has 1 aliphatic rings. The Balaban J connectivity index is 2.04. The van der Waals surface area contributed by atoms with Crippen LogP contribution in [0.3, 0.4) is 0 Å². The predicted molar refractivity (Wildman–Crippen MR) is 82.8 cm³/mol. The lowest BCUT2D eigenvalue weighted by molar-refractivity contribution is 0.356. The SMILES string of the molecule is COc1ccc(Cl)cc1C(NN)c1ccc2c(c1)CCO2. The van der Waals surface area contributed by atoms with Gasteiger partial charge in [-0.1, -0.05) is 23.7 Å². The molecule has 0 bridgehead atoms. The van der Waals surface area contributed by atoms with Gasteiger partial charge in [0, 0.05) is 17.0 Å². The Bertz CT molecular complexity index is 661. The second-order valence-corrected chi connectivity index (χ2v) is 5.39. The van der Waals surface area contributed by atoms with Crippen LogP contribution in [0.15, 0.2) is 36.4 Å². The molecular weight excluding hydrogens is 288 g/mol. The normalized spacial score (nSPS) is 14.4. The molecule has 0 aromatic heterocycles. The van der Waals surface area contributed by atoms with Gasteiger partial charge >= 0.3 is 0 Å². The first-order valence-corrected chi connectivity index (χ1v) is 7.16. The fourth-order valence-electron chi connectivity index (χ4n) is 2.68. The molecule has 110 valence electrons. The van der Waals surface area contributed by atoms with E-state index in [9.17, 15) is 0 Å². The Labute approximate surface area is 128 Å². The molecule has 1 heterocycles. The quantitative estimate of drug-likeness (QED) is 0.673. The highest BCUT2D eigenvalue weighted by Gasteiger charge is 2.20. The highest BCUT2D eigenvalue weighted by atomic mass is 35.5. The van der Waals surface area contributed by atoms with Crippen LogP contribution in [0.5, 0.6) is 11.5 Å². The maximum atomic E-state index is 6.11. The third kappa shape index (κ3) is 2.70. The van der Waals surface area contributed by atoms with E-state index in [1.165, 1.54) is 5.56 Å². The predicted octanol–water partition coefficient (Wildman–Crippen LogP) is 2.84. The van der Waals surface area contributed by atoms with Crippen LogP contribution < -0.4 is 20.7 Å². The van der Waals surface area contributed by atoms with Crippen molar-refractivity contribution in [3.05, 3.63) is 58.1 Å². The van der Waals surface area contributed by atoms with E-state index in [0.29, 0.717) is 5.02 Å². The van der Waals surface area contributed by atoms with Crippen LogP contribution in [0.25, 0.3) is 0 Å². The number of hydrogen-bond acceptors (Lipinski definition) is 4. The van der Waals surface area contributed by atoms with Crippen molar-refractivity contribution in [1.82, 2.24) is 5.43 Å². The molecule has 1 atom stereocenters. The number of hydrazine groups is 1. The summed E-state index contributed by atoms with van der Waals surface area (Å²) in [4.78, 5) is 0. The Kier molecular flexibility index (Phi) is 4.01. The molecule has 5 heteroatoms. The van der Waals surface area contributed by atoms with Crippen molar-refractivity contribution >= 4 is 11.6 Å². The van der Waals surface area contributed by atoms with Gasteiger partial charge in [-0.2, -0.15) is 0 Å². The highest BCUT2D eigenvalue weighted by Crippen LogP contribution is 2.34. The van der Waals surface area contributed by atoms with Crippen molar-refractivity contribution in [2.24, 2.45) is 5.84 Å². The topological polar surface area (TPSA) is 56.5 Å². The summed E-state index contributed by atoms with van der Waals surface area (Å²) in [5.41, 5.74) is 6.02. The van der Waals surface area contributed by atoms with Gasteiger partial charge in [0.2, 0.25) is 0 Å². The number of nitrogens with one attached hydrogen (secondary N) is 1. The van der Waals surface area contributed by atoms with E-state index in [-0.39, 0.29) is 6.04 Å². The fraction of sp³-hybridized carbons (Fsp3) is 0.250. The van der Waals surface area contributed by atoms with Gasteiger partial charge < -0.3 is 9.47 Å². The van der Waals surface area contributed by atoms with Gasteiger partial charge in [-0.05, 0) is 35.4 Å². The summed E-state index contributed by atoms with van der Waals surface area (Å²) < 4.78 is 11.0. The molecule has 0 radical (unpaired) electrons. The fourth-order valence-corrected chi connectivity index (χ4v) is 2.86. The van der Waals surface area contributed by atoms with E-state index in [0.717, 1.165) is 35.7 Å². The number of methoxy groups -OCH3 is 1. The average molecular weight is 305 g/mol. The van der Waals surface area contributed by atoms with E-state index in [1.54, 1.807) is 13.2 Å². The van der Waals surface area contributed by atoms with Crippen LogP contribution in [0, 0.1) is 0 Å². The smallest absolute Gasteiger partial charge is 0.124 e. The van der Waals surface area contributed by atoms with Crippen LogP contribution >= 0.6 is 11.6 Å². The maximum Gasteiger partial charge on any atom is 0.124 e. The lowest BCUT2D eigenvalue weighted by Crippen LogP contribution is -2.29. The summed E-state index contributed by atoms with van der Waals surface area (Å²) in [7, 11) is 1.64. The van der Waals surface area contributed by atoms with Crippen LogP contribution in [-0.4, -0.2) is 13.7 Å². The summed E-state index contributed by atoms with van der Waals surface area (Å²) in [5, 5.41) is 0.649. The largest absolute Gasteiger partial charge is 0.496 e. The van der Waals surface area contributed by atoms with E-state index in [1.807, 2.05) is 24.3 Å². The first-order chi connectivity index (χ1) is 10.2. The van der Waals surface area contributed by atoms with E-state index in [4.69, 9.17) is 26.9 Å². The molecule has 3 rings (SSSR count). The van der Waals surface area contributed by atoms with Crippen molar-refractivity contribution in [2.75, 3.05) is 13.7 Å². The number of nitrogens with two attached hydrogens (primary N) is 1. The van der Waals surface area contributed by atoms with Crippen LogP contribution in [0.4, 0.5) is 0 Å². The van der Waals surface area contributed by atoms with Gasteiger partial charge in [0.05, 0.1) is 19.8 Å². The minimum Gasteiger partial charge on any atom is -0.496 e. The third-order valence-corrected chi connectivity index (χ3v) is 3.95. The van der Waals surface area contributed by atoms with Gasteiger partial charge in [0.1, 0.15) is 11.5 Å². The molecule has 0 fully saturated rings. The number of hydrogen-bond donors (Lipinski definition) is 2. The molecule has 0 spiro atoms. The molecule has 0 amide bonds. The molecule has 0 saturated carbocycles. The summed E-state index contributed by atoms with van der Waals surface area (Å²) >= 11 is 6.11. The Morgan fingerprint density at radius 2 is 2.14 bits per heavy atom. The van der Waals surface area contributed by atoms with Crippen molar-refractivity contribution < 1.29 is 9.47 Å². The summed E-state index contributed by atoms with van der Waals surface area (Å²) in [5.74, 6) is 7.48. The number of ether oxygens (including phenoxy) is 2. The van der Waals surface area contributed by atoms with Crippen LogP contribution in [0.1, 0.15) is 22.7 Å². The van der Waals surface area contributed by atoms with E-state index in [2.05, 4.69) is 11.5 Å². The molecule has 3 N–H and O–H groups in total. The number of fused-ring (bicyclic) bond motifs is 1. The van der Waals surface area contributed by atoms with Gasteiger partial charge in [0.25, 0.3) is 0 Å². The third-order valence-electron chi connectivity index (χ3n) is 3.72. The molecule has 2 aromatic carbocycles. The zero-order chi connectivity index (χ0) is 14.8. The van der Waals surface area contributed by atoms with Crippen molar-refractivity contribution in [1.29, 1.82) is 0 Å². The van der Waals surface area contributed by atoms with E-state index >= 15 is 0 Å². The second kappa shape index (κ2) is 5.93. The van der Waals surface area contributed by atoms with Crippen molar-refractivity contribution in [3.63, 3.8) is 0 Å². The molecule has 1 aliphatic heterocycles. The van der Waals surface area contributed by atoms with Gasteiger partial charge in [0.15, 0.2) is 0 Å². The first-order valence-electron chi connectivity index (χ1n) is 6.78. The zero-order valence-corrected chi connectivity index (χ0v) is 12.5. The summed E-state index contributed by atoms with van der Waals surface area (Å²) in [6.07, 6.45) is 0.924. The van der Waals surface area contributed by atoms with E-state index < -0.39 is 0 Å². The molecule has 0 aliphatic carbocycles. The molecule has 21 heavy (non-hydrogen) atoms. The molecule has 4 nitrogen and oxygen atoms in total. The van der Waals surface area contributed by atoms with Gasteiger partial charge in [-0.3, -0.25) is 5.84 Å². The minimum absolute atomic E-state index is 0.190. The lowest BCUT2D eigenvalue weighted by Gasteiger charge is -2.20. The number of benzene rings is 2. The van der Waals surface area contributed by atoms with Crippen molar-refractivity contribution in [3.8, 4) is 11.5 Å². The standard InChI is InChI=1S/C16H17ClN2O2/c1-20-15-5-3-12(17)9-13(15)16(19-18)11-2-4-14-10(8-11)6-7-21-14/h2-5,8-9,16,19H,6-7,18H2,1H3. The average Bonchev–Trinajstić information content (AvgIpc) is 2.96. The summed E-state index contributed by atoms with van der Waals surface area (Å²) in [6, 6.07) is 11.4. The number of halogens is 1. The molecule has 1 unspecified atom stereocenters. The molecule has 0 saturated heterocycles. The first kappa shape index (κ1) is 14.2. The molecular formula is C16H17ClN2O2. The Morgan fingerprint density at radius 1 is 1.29 bits per heavy atom. The Morgan fingerprint density at radius 3 is 2.90 bits per heavy atom.